The van der Waals surface area contributed by atoms with Crippen LogP contribution in [0, 0.1) is 0 Å². The van der Waals surface area contributed by atoms with Gasteiger partial charge in [-0.3, -0.25) is 9.78 Å². The summed E-state index contributed by atoms with van der Waals surface area (Å²) < 4.78 is 0. The Bertz CT molecular complexity index is 308. The van der Waals surface area contributed by atoms with Crippen molar-refractivity contribution >= 4 is 29.9 Å². The van der Waals surface area contributed by atoms with E-state index in [0.29, 0.717) is 0 Å². The summed E-state index contributed by atoms with van der Waals surface area (Å²) in [7, 11) is 0. The van der Waals surface area contributed by atoms with E-state index < -0.39 is 5.56 Å². The molecule has 0 aliphatic heterocycles. The minimum atomic E-state index is -0.509. The lowest BCUT2D eigenvalue weighted by Crippen LogP contribution is -2.17. The van der Waals surface area contributed by atoms with Crippen LogP contribution in [0.25, 0.3) is 0 Å². The van der Waals surface area contributed by atoms with Crippen molar-refractivity contribution in [2.24, 2.45) is 0 Å². The third-order valence-corrected chi connectivity index (χ3v) is 1.00. The predicted molar refractivity (Wildman–Crippen MR) is 45.3 cm³/mol. The molecule has 0 atom stereocenters. The van der Waals surface area contributed by atoms with E-state index in [1.54, 1.807) is 0 Å². The maximum Gasteiger partial charge on any atom is 0.277 e. The van der Waals surface area contributed by atoms with Gasteiger partial charge in [0.1, 0.15) is 5.69 Å². The van der Waals surface area contributed by atoms with E-state index in [1.807, 2.05) is 0 Å². The Morgan fingerprint density at radius 2 is 1.82 bits per heavy atom. The van der Waals surface area contributed by atoms with Gasteiger partial charge in [-0.25, -0.2) is 0 Å². The number of nitrogens with one attached hydrogen (secondary N) is 1. The molecule has 1 heterocycles. The molecule has 0 radical (unpaired) electrons. The number of halogens is 1. The van der Waals surface area contributed by atoms with Gasteiger partial charge in [-0.15, -0.1) is 12.4 Å². The molecule has 1 rings (SSSR count). The number of hydrogen-bond donors (Lipinski definition) is 4. The van der Waals surface area contributed by atoms with Crippen LogP contribution in [0.5, 0.6) is 0 Å². The van der Waals surface area contributed by atoms with Crippen LogP contribution in [0.2, 0.25) is 0 Å². The average molecular weight is 178 g/mol. The van der Waals surface area contributed by atoms with Gasteiger partial charge in [0.05, 0.1) is 0 Å². The molecule has 7 heteroatoms. The number of aromatic amines is 1. The lowest BCUT2D eigenvalue weighted by Gasteiger charge is -1.96. The molecule has 0 spiro atoms. The van der Waals surface area contributed by atoms with Crippen LogP contribution in [0.3, 0.4) is 0 Å². The molecule has 11 heavy (non-hydrogen) atoms. The average Bonchev–Trinajstić information content (AvgIpc) is 1.82. The molecule has 0 saturated heterocycles. The largest absolute Gasteiger partial charge is 0.391 e. The van der Waals surface area contributed by atoms with Crippen molar-refractivity contribution in [2.45, 2.75) is 0 Å². The summed E-state index contributed by atoms with van der Waals surface area (Å²) in [5.74, 6) is -0.0713. The number of hydrogen-bond acceptors (Lipinski definition) is 5. The summed E-state index contributed by atoms with van der Waals surface area (Å²) in [6.45, 7) is 0. The molecule has 62 valence electrons. The van der Waals surface area contributed by atoms with Crippen LogP contribution in [0.15, 0.2) is 4.79 Å². The quantitative estimate of drug-likeness (QED) is 0.402. The van der Waals surface area contributed by atoms with Gasteiger partial charge in [0.25, 0.3) is 5.56 Å². The molecule has 7 N–H and O–H groups in total. The minimum Gasteiger partial charge on any atom is -0.391 e. The molecule has 1 aromatic heterocycles. The van der Waals surface area contributed by atoms with Gasteiger partial charge in [-0.05, 0) is 0 Å². The van der Waals surface area contributed by atoms with Crippen LogP contribution in [-0.2, 0) is 0 Å². The zero-order valence-electron chi connectivity index (χ0n) is 5.50. The van der Waals surface area contributed by atoms with Crippen molar-refractivity contribution in [2.75, 3.05) is 17.2 Å². The first-order valence-electron chi connectivity index (χ1n) is 2.52. The number of rotatable bonds is 0. The number of nitrogen functional groups attached to an aromatic ring is 3. The maximum atomic E-state index is 10.7. The second kappa shape index (κ2) is 3.11. The Balaban J connectivity index is 0.000001000. The lowest BCUT2D eigenvalue weighted by molar-refractivity contribution is 1.15. The minimum absolute atomic E-state index is 0. The molecule has 6 nitrogen and oxygen atoms in total. The van der Waals surface area contributed by atoms with Gasteiger partial charge in [0.2, 0.25) is 5.95 Å². The van der Waals surface area contributed by atoms with E-state index in [1.165, 1.54) is 0 Å². The van der Waals surface area contributed by atoms with Gasteiger partial charge in [-0.1, -0.05) is 0 Å². The highest BCUT2D eigenvalue weighted by molar-refractivity contribution is 5.85. The van der Waals surface area contributed by atoms with Gasteiger partial charge < -0.3 is 17.2 Å². The SMILES string of the molecule is Cl.Nc1nc(N)c(N)c(=O)[nH]1. The van der Waals surface area contributed by atoms with Crippen LogP contribution < -0.4 is 22.8 Å². The number of aromatic nitrogens is 2. The van der Waals surface area contributed by atoms with Gasteiger partial charge in [0.15, 0.2) is 5.82 Å². The zero-order chi connectivity index (χ0) is 7.72. The molecule has 0 saturated carbocycles. The highest BCUT2D eigenvalue weighted by atomic mass is 35.5. The highest BCUT2D eigenvalue weighted by Gasteiger charge is 2.00. The van der Waals surface area contributed by atoms with Crippen molar-refractivity contribution in [1.82, 2.24) is 9.97 Å². The lowest BCUT2D eigenvalue weighted by atomic mass is 10.5. The highest BCUT2D eigenvalue weighted by Crippen LogP contribution is 2.02. The third kappa shape index (κ3) is 1.74. The van der Waals surface area contributed by atoms with Crippen molar-refractivity contribution < 1.29 is 0 Å². The molecule has 0 bridgehead atoms. The number of H-pyrrole nitrogens is 1. The molecule has 0 amide bonds. The van der Waals surface area contributed by atoms with Gasteiger partial charge in [-0.2, -0.15) is 4.98 Å². The van der Waals surface area contributed by atoms with Crippen molar-refractivity contribution in [1.29, 1.82) is 0 Å². The fraction of sp³-hybridized carbons (Fsp3) is 0. The third-order valence-electron chi connectivity index (χ3n) is 1.00. The van der Waals surface area contributed by atoms with Crippen LogP contribution in [0.4, 0.5) is 17.5 Å². The first kappa shape index (κ1) is 9.57. The summed E-state index contributed by atoms with van der Waals surface area (Å²) in [6.07, 6.45) is 0. The number of anilines is 3. The van der Waals surface area contributed by atoms with E-state index in [0.717, 1.165) is 0 Å². The van der Waals surface area contributed by atoms with E-state index >= 15 is 0 Å². The fourth-order valence-corrected chi connectivity index (χ4v) is 0.518. The Hall–Kier alpha value is -1.43. The van der Waals surface area contributed by atoms with E-state index in [2.05, 4.69) is 9.97 Å². The van der Waals surface area contributed by atoms with Crippen molar-refractivity contribution in [3.8, 4) is 0 Å². The summed E-state index contributed by atoms with van der Waals surface area (Å²) in [5, 5.41) is 0. The molecule has 0 unspecified atom stereocenters. The summed E-state index contributed by atoms with van der Waals surface area (Å²) in [6, 6.07) is 0. The number of nitrogens with zero attached hydrogens (tertiary/aromatic N) is 1. The first-order valence-corrected chi connectivity index (χ1v) is 2.52. The van der Waals surface area contributed by atoms with Crippen LogP contribution in [0.1, 0.15) is 0 Å². The van der Waals surface area contributed by atoms with Crippen LogP contribution >= 0.6 is 12.4 Å². The molecular weight excluding hydrogens is 170 g/mol. The van der Waals surface area contributed by atoms with Gasteiger partial charge in [0, 0.05) is 0 Å². The normalized spacial score (nSPS) is 8.73. The first-order chi connectivity index (χ1) is 4.61. The Morgan fingerprint density at radius 3 is 2.27 bits per heavy atom. The summed E-state index contributed by atoms with van der Waals surface area (Å²) >= 11 is 0. The standard InChI is InChI=1S/C4H7N5O.ClH/c5-1-2(6)8-4(7)9-3(1)10;/h5H2,(H5,6,7,8,9,10);1H. The van der Waals surface area contributed by atoms with Crippen molar-refractivity contribution in [3.63, 3.8) is 0 Å². The second-order valence-electron chi connectivity index (χ2n) is 1.75. The molecular formula is C4H8ClN5O. The zero-order valence-corrected chi connectivity index (χ0v) is 6.31. The van der Waals surface area contributed by atoms with E-state index in [-0.39, 0.29) is 29.9 Å². The molecule has 0 fully saturated rings. The molecule has 0 aliphatic carbocycles. The Kier molecular flexibility index (Phi) is 2.70. The smallest absolute Gasteiger partial charge is 0.277 e. The monoisotopic (exact) mass is 177 g/mol. The maximum absolute atomic E-state index is 10.7. The molecule has 0 aromatic carbocycles. The topological polar surface area (TPSA) is 124 Å². The van der Waals surface area contributed by atoms with Gasteiger partial charge >= 0.3 is 0 Å². The summed E-state index contributed by atoms with van der Waals surface area (Å²) in [5.41, 5.74) is 14.9. The van der Waals surface area contributed by atoms with E-state index in [9.17, 15) is 4.79 Å². The second-order valence-corrected chi connectivity index (χ2v) is 1.75. The Morgan fingerprint density at radius 1 is 1.27 bits per heavy atom. The number of nitrogens with two attached hydrogens (primary N) is 3. The molecule has 0 aliphatic rings. The van der Waals surface area contributed by atoms with Crippen molar-refractivity contribution in [3.05, 3.63) is 10.4 Å². The van der Waals surface area contributed by atoms with E-state index in [4.69, 9.17) is 17.2 Å². The summed E-state index contributed by atoms with van der Waals surface area (Å²) in [4.78, 5) is 16.4. The molecule has 1 aromatic rings. The van der Waals surface area contributed by atoms with Crippen LogP contribution in [-0.4, -0.2) is 9.97 Å². The Labute approximate surface area is 68.2 Å². The predicted octanol–water partition coefficient (Wildman–Crippen LogP) is -1.06. The fourth-order valence-electron chi connectivity index (χ4n) is 0.518.